The minimum Gasteiger partial charge on any atom is -0.266 e. The number of H-pyrrole nitrogens is 1. The zero-order valence-electron chi connectivity index (χ0n) is 10.6. The fraction of sp³-hybridized carbons (Fsp3) is 0. The second-order valence-electron chi connectivity index (χ2n) is 3.75. The van der Waals surface area contributed by atoms with Gasteiger partial charge in [0, 0.05) is 11.6 Å². The summed E-state index contributed by atoms with van der Waals surface area (Å²) >= 11 is 0. The summed E-state index contributed by atoms with van der Waals surface area (Å²) in [6.45, 7) is 0. The van der Waals surface area contributed by atoms with Crippen LogP contribution in [0.2, 0.25) is 0 Å². The predicted octanol–water partition coefficient (Wildman–Crippen LogP) is 0.296. The van der Waals surface area contributed by atoms with Gasteiger partial charge in [-0.05, 0) is 12.1 Å². The molecule has 3 rings (SSSR count). The Labute approximate surface area is 121 Å². The van der Waals surface area contributed by atoms with Gasteiger partial charge in [-0.15, -0.1) is 5.10 Å². The molecule has 0 aliphatic rings. The summed E-state index contributed by atoms with van der Waals surface area (Å²) in [7, 11) is -2.93. The van der Waals surface area contributed by atoms with Gasteiger partial charge in [-0.3, -0.25) is 14.9 Å². The smallest absolute Gasteiger partial charge is 0.266 e. The van der Waals surface area contributed by atoms with Crippen molar-refractivity contribution in [2.75, 3.05) is 0 Å². The van der Waals surface area contributed by atoms with Crippen LogP contribution in [0.1, 0.15) is 10.5 Å². The van der Waals surface area contributed by atoms with Crippen molar-refractivity contribution in [2.24, 2.45) is 0 Å². The third kappa shape index (κ3) is 4.35. The summed E-state index contributed by atoms with van der Waals surface area (Å²) in [5.74, 6) is -0.796. The van der Waals surface area contributed by atoms with E-state index >= 15 is 0 Å². The van der Waals surface area contributed by atoms with Gasteiger partial charge in [0.25, 0.3) is 5.91 Å². The lowest BCUT2D eigenvalue weighted by Gasteiger charge is -1.91. The standard InChI is InChI=1S/C9H7N.C3H4N4O3S/c1-2-6-9-8(4-1)5-3-7-10-9;8-3(6-11(9)10)2-1-4-7-5-2/h1-7H;1,11H,(H,4,5,7)(H,6,8,9,10). The molecule has 0 aliphatic heterocycles. The van der Waals surface area contributed by atoms with Crippen LogP contribution in [0.5, 0.6) is 0 Å². The van der Waals surface area contributed by atoms with Crippen molar-refractivity contribution >= 4 is 27.7 Å². The molecule has 3 aromatic rings. The molecule has 0 saturated carbocycles. The number of fused-ring (bicyclic) bond motifs is 1. The molecular formula is C12H11N5O3S. The summed E-state index contributed by atoms with van der Waals surface area (Å²) in [5.41, 5.74) is 0.995. The normalized spacial score (nSPS) is 9.95. The number of thiol groups is 1. The van der Waals surface area contributed by atoms with Crippen molar-refractivity contribution in [3.8, 4) is 0 Å². The lowest BCUT2D eigenvalue weighted by atomic mass is 10.2. The molecule has 0 fully saturated rings. The summed E-state index contributed by atoms with van der Waals surface area (Å²) in [4.78, 5) is 14.9. The van der Waals surface area contributed by atoms with Crippen LogP contribution < -0.4 is 4.72 Å². The number of carbonyl (C=O) groups is 1. The predicted molar refractivity (Wildman–Crippen MR) is 75.9 cm³/mol. The number of rotatable bonds is 2. The SMILES string of the molecule is O=C(N[SH](=O)=O)c1c[nH]nn1.c1ccc2ncccc2c1. The van der Waals surface area contributed by atoms with Gasteiger partial charge >= 0.3 is 0 Å². The van der Waals surface area contributed by atoms with Crippen molar-refractivity contribution in [1.29, 1.82) is 0 Å². The van der Waals surface area contributed by atoms with E-state index in [4.69, 9.17) is 0 Å². The van der Waals surface area contributed by atoms with Crippen molar-refractivity contribution in [1.82, 2.24) is 25.1 Å². The second-order valence-corrected chi connectivity index (χ2v) is 4.49. The summed E-state index contributed by atoms with van der Waals surface area (Å²) in [6, 6.07) is 12.1. The largest absolute Gasteiger partial charge is 0.286 e. The molecule has 108 valence electrons. The van der Waals surface area contributed by atoms with E-state index in [2.05, 4.69) is 32.5 Å². The number of benzene rings is 1. The number of para-hydroxylation sites is 1. The lowest BCUT2D eigenvalue weighted by Crippen LogP contribution is -2.21. The van der Waals surface area contributed by atoms with Crippen LogP contribution >= 0.6 is 0 Å². The lowest BCUT2D eigenvalue weighted by molar-refractivity contribution is 0.0977. The highest BCUT2D eigenvalue weighted by Crippen LogP contribution is 2.07. The Bertz CT molecular complexity index is 728. The molecule has 0 atom stereocenters. The van der Waals surface area contributed by atoms with E-state index in [1.807, 2.05) is 30.5 Å². The van der Waals surface area contributed by atoms with E-state index < -0.39 is 16.8 Å². The second kappa shape index (κ2) is 7.10. The summed E-state index contributed by atoms with van der Waals surface area (Å²) < 4.78 is 21.5. The van der Waals surface area contributed by atoms with E-state index in [0.29, 0.717) is 0 Å². The summed E-state index contributed by atoms with van der Waals surface area (Å²) in [5, 5.41) is 9.97. The quantitative estimate of drug-likeness (QED) is 0.586. The van der Waals surface area contributed by atoms with Crippen LogP contribution in [0.25, 0.3) is 10.9 Å². The maximum Gasteiger partial charge on any atom is 0.286 e. The topological polar surface area (TPSA) is 118 Å². The van der Waals surface area contributed by atoms with Gasteiger partial charge in [-0.1, -0.05) is 29.5 Å². The van der Waals surface area contributed by atoms with E-state index in [0.717, 1.165) is 5.52 Å². The first-order valence-electron chi connectivity index (χ1n) is 5.78. The van der Waals surface area contributed by atoms with Gasteiger partial charge < -0.3 is 0 Å². The van der Waals surface area contributed by atoms with Crippen molar-refractivity contribution < 1.29 is 13.2 Å². The Morgan fingerprint density at radius 1 is 1.14 bits per heavy atom. The first-order valence-corrected chi connectivity index (χ1v) is 6.96. The third-order valence-electron chi connectivity index (χ3n) is 2.35. The van der Waals surface area contributed by atoms with Crippen LogP contribution in [0.4, 0.5) is 0 Å². The van der Waals surface area contributed by atoms with Crippen LogP contribution in [0.3, 0.4) is 0 Å². The van der Waals surface area contributed by atoms with Crippen LogP contribution in [0.15, 0.2) is 48.8 Å². The molecular weight excluding hydrogens is 294 g/mol. The molecule has 2 aromatic heterocycles. The molecule has 1 amide bonds. The van der Waals surface area contributed by atoms with Gasteiger partial charge in [-0.25, -0.2) is 13.1 Å². The van der Waals surface area contributed by atoms with Crippen molar-refractivity contribution in [3.05, 3.63) is 54.5 Å². The zero-order chi connectivity index (χ0) is 15.1. The Morgan fingerprint density at radius 2 is 1.90 bits per heavy atom. The number of pyridine rings is 1. The van der Waals surface area contributed by atoms with Crippen LogP contribution in [0, 0.1) is 0 Å². The zero-order valence-corrected chi connectivity index (χ0v) is 11.5. The highest BCUT2D eigenvalue weighted by atomic mass is 32.2. The average molecular weight is 305 g/mol. The molecule has 8 nitrogen and oxygen atoms in total. The molecule has 2 heterocycles. The molecule has 0 aliphatic carbocycles. The van der Waals surface area contributed by atoms with Gasteiger partial charge in [0.05, 0.1) is 11.7 Å². The highest BCUT2D eigenvalue weighted by Gasteiger charge is 2.07. The number of nitrogens with zero attached hydrogens (tertiary/aromatic N) is 3. The van der Waals surface area contributed by atoms with Gasteiger partial charge in [-0.2, -0.15) is 0 Å². The van der Waals surface area contributed by atoms with Crippen molar-refractivity contribution in [2.45, 2.75) is 0 Å². The first-order chi connectivity index (χ1) is 10.2. The molecule has 2 N–H and O–H groups in total. The van der Waals surface area contributed by atoms with E-state index in [9.17, 15) is 13.2 Å². The molecule has 21 heavy (non-hydrogen) atoms. The molecule has 1 aromatic carbocycles. The Morgan fingerprint density at radius 3 is 2.57 bits per heavy atom. The number of carbonyl (C=O) groups excluding carboxylic acids is 1. The third-order valence-corrected chi connectivity index (χ3v) is 2.74. The van der Waals surface area contributed by atoms with E-state index in [1.165, 1.54) is 11.6 Å². The molecule has 0 bridgehead atoms. The van der Waals surface area contributed by atoms with Gasteiger partial charge in [0.15, 0.2) is 5.69 Å². The summed E-state index contributed by atoms with van der Waals surface area (Å²) in [6.07, 6.45) is 3.00. The number of amides is 1. The Balaban J connectivity index is 0.000000154. The van der Waals surface area contributed by atoms with E-state index in [1.54, 1.807) is 4.72 Å². The maximum absolute atomic E-state index is 10.7. The molecule has 9 heteroatoms. The minimum absolute atomic E-state index is 0.0656. The fourth-order valence-electron chi connectivity index (χ4n) is 1.47. The van der Waals surface area contributed by atoms with Gasteiger partial charge in [0.1, 0.15) is 0 Å². The Kier molecular flexibility index (Phi) is 4.94. The number of aromatic amines is 1. The van der Waals surface area contributed by atoms with Crippen molar-refractivity contribution in [3.63, 3.8) is 0 Å². The Hall–Kier alpha value is -2.81. The molecule has 0 radical (unpaired) electrons. The van der Waals surface area contributed by atoms with E-state index in [-0.39, 0.29) is 5.69 Å². The molecule has 0 unspecified atom stereocenters. The monoisotopic (exact) mass is 305 g/mol. The van der Waals surface area contributed by atoms with Crippen LogP contribution in [-0.4, -0.2) is 34.7 Å². The number of nitrogens with one attached hydrogen (secondary N) is 2. The number of aromatic nitrogens is 4. The highest BCUT2D eigenvalue weighted by molar-refractivity contribution is 7.71. The fourth-order valence-corrected chi connectivity index (χ4v) is 1.75. The maximum atomic E-state index is 10.7. The number of hydrogen-bond acceptors (Lipinski definition) is 6. The first kappa shape index (κ1) is 14.6. The number of hydrogen-bond donors (Lipinski definition) is 3. The average Bonchev–Trinajstić information content (AvgIpc) is 3.02. The molecule has 0 saturated heterocycles. The van der Waals surface area contributed by atoms with Gasteiger partial charge in [0.2, 0.25) is 10.9 Å². The molecule has 0 spiro atoms. The minimum atomic E-state index is -2.93. The van der Waals surface area contributed by atoms with Crippen LogP contribution in [-0.2, 0) is 10.9 Å².